The minimum Gasteiger partial charge on any atom is -0.397 e. The van der Waals surface area contributed by atoms with Crippen molar-refractivity contribution in [1.29, 1.82) is 0 Å². The van der Waals surface area contributed by atoms with Crippen LogP contribution in [0.4, 0.5) is 0 Å². The fourth-order valence-electron chi connectivity index (χ4n) is 0. The van der Waals surface area contributed by atoms with E-state index in [2.05, 4.69) is 0 Å². The molecule has 0 heterocycles. The first-order chi connectivity index (χ1) is 5.66. The Morgan fingerprint density at radius 1 is 0.769 bits per heavy atom. The summed E-state index contributed by atoms with van der Waals surface area (Å²) in [5.41, 5.74) is 0. The third kappa shape index (κ3) is 73700. The Morgan fingerprint density at radius 3 is 0.769 bits per heavy atom. The molecule has 0 fully saturated rings. The molecule has 0 aromatic rings. The maximum absolute atomic E-state index is 7.57. The molecule has 0 aliphatic carbocycles. The summed E-state index contributed by atoms with van der Waals surface area (Å²) in [5, 5.41) is 22.7. The van der Waals surface area contributed by atoms with Crippen LogP contribution in [0, 0.1) is 0 Å². The minimum atomic E-state index is 0. The Kier molecular flexibility index (Phi) is 198. The van der Waals surface area contributed by atoms with Gasteiger partial charge in [0.25, 0.3) is 0 Å². The van der Waals surface area contributed by atoms with Gasteiger partial charge in [-0.05, 0) is 20.8 Å². The van der Waals surface area contributed by atoms with E-state index < -0.39 is 0 Å². The number of aliphatic hydroxyl groups is 3. The zero-order valence-corrected chi connectivity index (χ0v) is 10.0. The molecule has 0 atom stereocenters. The highest BCUT2D eigenvalue weighted by Crippen LogP contribution is 1.59. The van der Waals surface area contributed by atoms with E-state index in [0.717, 1.165) is 5.88 Å². The molecule has 0 aromatic heterocycles. The van der Waals surface area contributed by atoms with Crippen LogP contribution in [0.2, 0.25) is 0 Å². The molecule has 0 unspecified atom stereocenters. The number of hydrogen-bond donors (Lipinski definition) is 4. The van der Waals surface area contributed by atoms with Crippen LogP contribution in [0.3, 0.4) is 0 Å². The molecular weight excluding hydrogens is 194 g/mol. The van der Waals surface area contributed by atoms with Gasteiger partial charge in [-0.25, -0.2) is 0 Å². The van der Waals surface area contributed by atoms with Crippen LogP contribution < -0.4 is 6.15 Å². The third-order valence-electron chi connectivity index (χ3n) is 0. The van der Waals surface area contributed by atoms with Gasteiger partial charge in [0.2, 0.25) is 0 Å². The Balaban J connectivity index is -0.0000000213. The average Bonchev–Trinajstić information content (AvgIpc) is 1.92. The van der Waals surface area contributed by atoms with Crippen LogP contribution in [0.1, 0.15) is 27.7 Å². The molecule has 6 N–H and O–H groups in total. The molecule has 0 aromatic carbocycles. The number of hydrogen-bond acceptors (Lipinski definition) is 4. The maximum Gasteiger partial charge on any atom is 0.0402 e. The van der Waals surface area contributed by atoms with Gasteiger partial charge < -0.3 is 21.5 Å². The van der Waals surface area contributed by atoms with Crippen LogP contribution in [-0.2, 0) is 0 Å². The summed E-state index contributed by atoms with van der Waals surface area (Å²) in [7, 11) is 0. The standard InChI is InChI=1S/C2H5Cl.3C2H6O.H3N/c4*1-2-3;/h2H2,1H3;3*3H,2H2,1H3;1H3. The third-order valence-corrected chi connectivity index (χ3v) is 0. The molecule has 0 aliphatic heterocycles. The lowest BCUT2D eigenvalue weighted by Crippen LogP contribution is -1.57. The van der Waals surface area contributed by atoms with Crippen molar-refractivity contribution in [2.75, 3.05) is 25.7 Å². The van der Waals surface area contributed by atoms with Crippen molar-refractivity contribution in [1.82, 2.24) is 6.15 Å². The Morgan fingerprint density at radius 2 is 0.769 bits per heavy atom. The van der Waals surface area contributed by atoms with Crippen molar-refractivity contribution in [3.05, 3.63) is 0 Å². The molecule has 0 amide bonds. The molecule has 0 radical (unpaired) electrons. The summed E-state index contributed by atoms with van der Waals surface area (Å²) in [6.45, 7) is 7.68. The van der Waals surface area contributed by atoms with E-state index in [1.807, 2.05) is 6.92 Å². The van der Waals surface area contributed by atoms with E-state index in [-0.39, 0.29) is 26.0 Å². The monoisotopic (exact) mass is 219 g/mol. The van der Waals surface area contributed by atoms with Crippen molar-refractivity contribution >= 4 is 11.6 Å². The van der Waals surface area contributed by atoms with E-state index in [9.17, 15) is 0 Å². The Hall–Kier alpha value is 0.130. The van der Waals surface area contributed by atoms with Gasteiger partial charge in [-0.3, -0.25) is 0 Å². The molecule has 13 heavy (non-hydrogen) atoms. The number of rotatable bonds is 0. The molecule has 0 saturated heterocycles. The van der Waals surface area contributed by atoms with Crippen LogP contribution >= 0.6 is 11.6 Å². The highest BCUT2D eigenvalue weighted by molar-refractivity contribution is 6.17. The predicted octanol–water partition coefficient (Wildman–Crippen LogP) is 1.40. The molecule has 0 saturated carbocycles. The van der Waals surface area contributed by atoms with Crippen molar-refractivity contribution in [3.63, 3.8) is 0 Å². The molecular formula is C8H26ClNO3. The van der Waals surface area contributed by atoms with Crippen molar-refractivity contribution in [2.45, 2.75) is 27.7 Å². The lowest BCUT2D eigenvalue weighted by atomic mass is 10.9. The zero-order chi connectivity index (χ0) is 10.8. The predicted molar refractivity (Wildman–Crippen MR) is 59.7 cm³/mol. The lowest BCUT2D eigenvalue weighted by molar-refractivity contribution is 0.318. The van der Waals surface area contributed by atoms with Crippen LogP contribution in [-0.4, -0.2) is 41.0 Å². The van der Waals surface area contributed by atoms with E-state index in [4.69, 9.17) is 26.9 Å². The maximum atomic E-state index is 7.57. The summed E-state index contributed by atoms with van der Waals surface area (Å²) in [5.74, 6) is 0.722. The fraction of sp³-hybridized carbons (Fsp3) is 1.00. The first-order valence-corrected chi connectivity index (χ1v) is 4.58. The Labute approximate surface area is 87.1 Å². The van der Waals surface area contributed by atoms with Gasteiger partial charge in [0, 0.05) is 25.7 Å². The largest absolute Gasteiger partial charge is 0.397 e. The molecule has 0 spiro atoms. The summed E-state index contributed by atoms with van der Waals surface area (Å²) in [4.78, 5) is 0. The van der Waals surface area contributed by atoms with Crippen molar-refractivity contribution < 1.29 is 15.3 Å². The topological polar surface area (TPSA) is 95.7 Å². The first kappa shape index (κ1) is 29.2. The van der Waals surface area contributed by atoms with Gasteiger partial charge in [0.15, 0.2) is 0 Å². The number of alkyl halides is 1. The van der Waals surface area contributed by atoms with E-state index in [0.29, 0.717) is 0 Å². The number of halogens is 1. The average molecular weight is 220 g/mol. The quantitative estimate of drug-likeness (QED) is 0.463. The highest BCUT2D eigenvalue weighted by Gasteiger charge is 1.38. The van der Waals surface area contributed by atoms with E-state index in [1.165, 1.54) is 0 Å². The van der Waals surface area contributed by atoms with Crippen LogP contribution in [0.15, 0.2) is 0 Å². The fourth-order valence-corrected chi connectivity index (χ4v) is 0. The van der Waals surface area contributed by atoms with Gasteiger partial charge in [-0.2, -0.15) is 0 Å². The van der Waals surface area contributed by atoms with Crippen molar-refractivity contribution in [3.8, 4) is 0 Å². The van der Waals surface area contributed by atoms with Gasteiger partial charge >= 0.3 is 0 Å². The lowest BCUT2D eigenvalue weighted by Gasteiger charge is -1.52. The SMILES string of the molecule is CCCl.CCO.CCO.CCO.N. The smallest absolute Gasteiger partial charge is 0.0402 e. The first-order valence-electron chi connectivity index (χ1n) is 4.04. The normalized spacial score (nSPS) is 5.54. The van der Waals surface area contributed by atoms with Gasteiger partial charge in [-0.15, -0.1) is 11.6 Å². The second-order valence-corrected chi connectivity index (χ2v) is 1.75. The van der Waals surface area contributed by atoms with Crippen LogP contribution in [0.25, 0.3) is 0 Å². The van der Waals surface area contributed by atoms with Gasteiger partial charge in [0.05, 0.1) is 0 Å². The second kappa shape index (κ2) is 88.1. The molecule has 0 bridgehead atoms. The molecule has 88 valence electrons. The van der Waals surface area contributed by atoms with Crippen molar-refractivity contribution in [2.24, 2.45) is 0 Å². The molecule has 4 nitrogen and oxygen atoms in total. The second-order valence-electron chi connectivity index (χ2n) is 1.22. The molecule has 0 aliphatic rings. The molecule has 5 heteroatoms. The van der Waals surface area contributed by atoms with E-state index >= 15 is 0 Å². The summed E-state index contributed by atoms with van der Waals surface area (Å²) in [6.07, 6.45) is 0. The van der Waals surface area contributed by atoms with Gasteiger partial charge in [0.1, 0.15) is 0 Å². The zero-order valence-electron chi connectivity index (χ0n) is 9.26. The summed E-state index contributed by atoms with van der Waals surface area (Å²) >= 11 is 5.00. The van der Waals surface area contributed by atoms with Gasteiger partial charge in [-0.1, -0.05) is 6.92 Å². The van der Waals surface area contributed by atoms with Crippen LogP contribution in [0.5, 0.6) is 0 Å². The summed E-state index contributed by atoms with van der Waals surface area (Å²) in [6, 6.07) is 0. The van der Waals surface area contributed by atoms with E-state index in [1.54, 1.807) is 20.8 Å². The summed E-state index contributed by atoms with van der Waals surface area (Å²) < 4.78 is 0. The number of aliphatic hydroxyl groups excluding tert-OH is 3. The molecule has 0 rings (SSSR count). The minimum absolute atomic E-state index is 0. The Bertz CT molecular complexity index is 27.4. The highest BCUT2D eigenvalue weighted by atomic mass is 35.5.